The van der Waals surface area contributed by atoms with Gasteiger partial charge in [-0.15, -0.1) is 0 Å². The second-order valence-electron chi connectivity index (χ2n) is 4.97. The first-order chi connectivity index (χ1) is 7.49. The standard InChI is InChI=1S/C13H29NO2/c1-6-7-8-16-10-13(15)9-14(11(2)3)12(4)5/h11-13,15H,6-10H2,1-5H3. The quantitative estimate of drug-likeness (QED) is 0.618. The maximum atomic E-state index is 9.85. The zero-order valence-electron chi connectivity index (χ0n) is 11.6. The molecule has 0 aromatic rings. The summed E-state index contributed by atoms with van der Waals surface area (Å²) in [7, 11) is 0. The van der Waals surface area contributed by atoms with Crippen molar-refractivity contribution in [2.75, 3.05) is 19.8 Å². The Balaban J connectivity index is 3.78. The van der Waals surface area contributed by atoms with Gasteiger partial charge in [0.2, 0.25) is 0 Å². The van der Waals surface area contributed by atoms with Crippen molar-refractivity contribution in [3.63, 3.8) is 0 Å². The van der Waals surface area contributed by atoms with Crippen LogP contribution in [0.4, 0.5) is 0 Å². The molecule has 0 aromatic heterocycles. The molecule has 0 saturated carbocycles. The summed E-state index contributed by atoms with van der Waals surface area (Å²) in [6.07, 6.45) is 1.84. The largest absolute Gasteiger partial charge is 0.389 e. The second-order valence-corrected chi connectivity index (χ2v) is 4.97. The van der Waals surface area contributed by atoms with Gasteiger partial charge in [0.1, 0.15) is 0 Å². The normalized spacial score (nSPS) is 14.1. The van der Waals surface area contributed by atoms with Crippen LogP contribution in [-0.2, 0) is 4.74 Å². The van der Waals surface area contributed by atoms with Gasteiger partial charge < -0.3 is 9.84 Å². The van der Waals surface area contributed by atoms with Gasteiger partial charge in [0, 0.05) is 25.2 Å². The van der Waals surface area contributed by atoms with E-state index in [1.807, 2.05) is 0 Å². The molecule has 0 aliphatic rings. The molecule has 0 saturated heterocycles. The molecule has 0 spiro atoms. The fraction of sp³-hybridized carbons (Fsp3) is 1.00. The molecule has 1 N–H and O–H groups in total. The van der Waals surface area contributed by atoms with Crippen LogP contribution in [0.1, 0.15) is 47.5 Å². The van der Waals surface area contributed by atoms with Crippen LogP contribution in [0.5, 0.6) is 0 Å². The van der Waals surface area contributed by atoms with E-state index in [0.717, 1.165) is 19.4 Å². The minimum Gasteiger partial charge on any atom is -0.389 e. The molecule has 0 radical (unpaired) electrons. The van der Waals surface area contributed by atoms with Crippen LogP contribution in [0.15, 0.2) is 0 Å². The minimum absolute atomic E-state index is 0.373. The first-order valence-corrected chi connectivity index (χ1v) is 6.50. The predicted octanol–water partition coefficient (Wildman–Crippen LogP) is 2.28. The first kappa shape index (κ1) is 15.9. The Morgan fingerprint density at radius 2 is 1.69 bits per heavy atom. The van der Waals surface area contributed by atoms with Crippen molar-refractivity contribution in [1.82, 2.24) is 4.90 Å². The van der Waals surface area contributed by atoms with Gasteiger partial charge in [-0.3, -0.25) is 4.90 Å². The van der Waals surface area contributed by atoms with E-state index < -0.39 is 0 Å². The van der Waals surface area contributed by atoms with E-state index in [4.69, 9.17) is 4.74 Å². The van der Waals surface area contributed by atoms with Crippen LogP contribution < -0.4 is 0 Å². The summed E-state index contributed by atoms with van der Waals surface area (Å²) >= 11 is 0. The highest BCUT2D eigenvalue weighted by atomic mass is 16.5. The van der Waals surface area contributed by atoms with Gasteiger partial charge in [0.15, 0.2) is 0 Å². The van der Waals surface area contributed by atoms with E-state index in [9.17, 15) is 5.11 Å². The fourth-order valence-electron chi connectivity index (χ4n) is 1.78. The lowest BCUT2D eigenvalue weighted by atomic mass is 10.2. The van der Waals surface area contributed by atoms with Gasteiger partial charge in [0.05, 0.1) is 12.7 Å². The number of unbranched alkanes of at least 4 members (excludes halogenated alkanes) is 1. The topological polar surface area (TPSA) is 32.7 Å². The summed E-state index contributed by atoms with van der Waals surface area (Å²) < 4.78 is 5.42. The van der Waals surface area contributed by atoms with Gasteiger partial charge >= 0.3 is 0 Å². The van der Waals surface area contributed by atoms with Crippen molar-refractivity contribution in [3.8, 4) is 0 Å². The number of hydrogen-bond acceptors (Lipinski definition) is 3. The van der Waals surface area contributed by atoms with Crippen molar-refractivity contribution >= 4 is 0 Å². The van der Waals surface area contributed by atoms with Crippen LogP contribution >= 0.6 is 0 Å². The summed E-state index contributed by atoms with van der Waals surface area (Å²) in [6.45, 7) is 12.7. The van der Waals surface area contributed by atoms with Crippen LogP contribution in [0.25, 0.3) is 0 Å². The molecule has 0 aliphatic carbocycles. The van der Waals surface area contributed by atoms with Crippen molar-refractivity contribution in [1.29, 1.82) is 0 Å². The van der Waals surface area contributed by atoms with E-state index in [2.05, 4.69) is 39.5 Å². The first-order valence-electron chi connectivity index (χ1n) is 6.50. The number of nitrogens with zero attached hydrogens (tertiary/aromatic N) is 1. The highest BCUT2D eigenvalue weighted by molar-refractivity contribution is 4.71. The van der Waals surface area contributed by atoms with E-state index in [0.29, 0.717) is 25.2 Å². The number of aliphatic hydroxyl groups is 1. The second kappa shape index (κ2) is 8.97. The maximum absolute atomic E-state index is 9.85. The van der Waals surface area contributed by atoms with Gasteiger partial charge in [-0.2, -0.15) is 0 Å². The lowest BCUT2D eigenvalue weighted by Crippen LogP contribution is -2.43. The van der Waals surface area contributed by atoms with Gasteiger partial charge in [-0.1, -0.05) is 13.3 Å². The number of ether oxygens (including phenoxy) is 1. The summed E-state index contributed by atoms with van der Waals surface area (Å²) in [5.74, 6) is 0. The Labute approximate surface area is 101 Å². The van der Waals surface area contributed by atoms with Gasteiger partial charge in [-0.05, 0) is 34.1 Å². The number of hydrogen-bond donors (Lipinski definition) is 1. The lowest BCUT2D eigenvalue weighted by molar-refractivity contribution is 0.00350. The highest BCUT2D eigenvalue weighted by Crippen LogP contribution is 2.06. The smallest absolute Gasteiger partial charge is 0.0900 e. The number of aliphatic hydroxyl groups excluding tert-OH is 1. The Morgan fingerprint density at radius 1 is 1.12 bits per heavy atom. The lowest BCUT2D eigenvalue weighted by Gasteiger charge is -2.32. The average Bonchev–Trinajstić information content (AvgIpc) is 2.20. The Morgan fingerprint density at radius 3 is 2.12 bits per heavy atom. The zero-order valence-corrected chi connectivity index (χ0v) is 11.6. The summed E-state index contributed by atoms with van der Waals surface area (Å²) in [4.78, 5) is 2.29. The van der Waals surface area contributed by atoms with E-state index in [1.54, 1.807) is 0 Å². The van der Waals surface area contributed by atoms with Crippen LogP contribution in [0, 0.1) is 0 Å². The molecule has 0 rings (SSSR count). The van der Waals surface area contributed by atoms with Gasteiger partial charge in [-0.25, -0.2) is 0 Å². The van der Waals surface area contributed by atoms with E-state index in [-0.39, 0.29) is 6.10 Å². The molecule has 0 amide bonds. The van der Waals surface area contributed by atoms with Crippen molar-refractivity contribution in [2.24, 2.45) is 0 Å². The molecular formula is C13H29NO2. The number of rotatable bonds is 9. The van der Waals surface area contributed by atoms with E-state index >= 15 is 0 Å². The maximum Gasteiger partial charge on any atom is 0.0900 e. The molecular weight excluding hydrogens is 202 g/mol. The molecule has 0 aliphatic heterocycles. The molecule has 98 valence electrons. The van der Waals surface area contributed by atoms with Crippen molar-refractivity contribution < 1.29 is 9.84 Å². The highest BCUT2D eigenvalue weighted by Gasteiger charge is 2.17. The fourth-order valence-corrected chi connectivity index (χ4v) is 1.78. The summed E-state index contributed by atoms with van der Waals surface area (Å²) in [5, 5.41) is 9.85. The minimum atomic E-state index is -0.373. The van der Waals surface area contributed by atoms with E-state index in [1.165, 1.54) is 0 Å². The molecule has 16 heavy (non-hydrogen) atoms. The molecule has 3 nitrogen and oxygen atoms in total. The Bertz CT molecular complexity index is 152. The van der Waals surface area contributed by atoms with Gasteiger partial charge in [0.25, 0.3) is 0 Å². The SMILES string of the molecule is CCCCOCC(O)CN(C(C)C)C(C)C. The van der Waals surface area contributed by atoms with Crippen molar-refractivity contribution in [2.45, 2.75) is 65.6 Å². The summed E-state index contributed by atoms with van der Waals surface area (Å²) in [5.41, 5.74) is 0. The molecule has 1 unspecified atom stereocenters. The molecule has 0 fully saturated rings. The van der Waals surface area contributed by atoms with Crippen LogP contribution in [0.2, 0.25) is 0 Å². The molecule has 0 bridgehead atoms. The van der Waals surface area contributed by atoms with Crippen LogP contribution in [0.3, 0.4) is 0 Å². The Hall–Kier alpha value is -0.120. The predicted molar refractivity (Wildman–Crippen MR) is 68.7 cm³/mol. The molecule has 1 atom stereocenters. The molecule has 0 heterocycles. The van der Waals surface area contributed by atoms with Crippen LogP contribution in [-0.4, -0.2) is 48.0 Å². The zero-order chi connectivity index (χ0) is 12.6. The molecule has 3 heteroatoms. The average molecular weight is 231 g/mol. The van der Waals surface area contributed by atoms with Crippen molar-refractivity contribution in [3.05, 3.63) is 0 Å². The molecule has 0 aromatic carbocycles. The monoisotopic (exact) mass is 231 g/mol. The third-order valence-electron chi connectivity index (χ3n) is 2.70. The Kier molecular flexibility index (Phi) is 8.90. The third-order valence-corrected chi connectivity index (χ3v) is 2.70. The third kappa shape index (κ3) is 7.20. The summed E-state index contributed by atoms with van der Waals surface area (Å²) in [6, 6.07) is 0.926.